The van der Waals surface area contributed by atoms with Crippen LogP contribution in [0.1, 0.15) is 69.8 Å². The predicted octanol–water partition coefficient (Wildman–Crippen LogP) is 8.63. The van der Waals surface area contributed by atoms with E-state index in [0.717, 1.165) is 36.3 Å². The molecule has 32 heavy (non-hydrogen) atoms. The summed E-state index contributed by atoms with van der Waals surface area (Å²) >= 11 is 0. The van der Waals surface area contributed by atoms with Gasteiger partial charge in [0.05, 0.1) is 0 Å². The van der Waals surface area contributed by atoms with Crippen LogP contribution in [0.2, 0.25) is 0 Å². The Kier molecular flexibility index (Phi) is 6.78. The lowest BCUT2D eigenvalue weighted by atomic mass is 9.63. The van der Waals surface area contributed by atoms with E-state index in [4.69, 9.17) is 0 Å². The summed E-state index contributed by atoms with van der Waals surface area (Å²) in [5.41, 5.74) is 1.96. The summed E-state index contributed by atoms with van der Waals surface area (Å²) in [6.07, 6.45) is 5.09. The van der Waals surface area contributed by atoms with Crippen LogP contribution in [0.25, 0.3) is 11.1 Å². The highest BCUT2D eigenvalue weighted by molar-refractivity contribution is 5.65. The van der Waals surface area contributed by atoms with Crippen molar-refractivity contribution in [1.29, 1.82) is 0 Å². The minimum atomic E-state index is -5.15. The van der Waals surface area contributed by atoms with Crippen LogP contribution in [0, 0.1) is 29.4 Å². The van der Waals surface area contributed by atoms with Gasteiger partial charge in [-0.1, -0.05) is 50.5 Å². The molecule has 0 heterocycles. The molecule has 6 heteroatoms. The quantitative estimate of drug-likeness (QED) is 0.413. The van der Waals surface area contributed by atoms with E-state index in [1.165, 1.54) is 50.5 Å². The second-order valence-corrected chi connectivity index (χ2v) is 9.44. The molecular formula is C26H29F5O. The predicted molar refractivity (Wildman–Crippen MR) is 114 cm³/mol. The van der Waals surface area contributed by atoms with E-state index in [0.29, 0.717) is 11.5 Å². The van der Waals surface area contributed by atoms with Crippen molar-refractivity contribution in [2.75, 3.05) is 0 Å². The van der Waals surface area contributed by atoms with Crippen molar-refractivity contribution in [2.45, 2.75) is 70.6 Å². The van der Waals surface area contributed by atoms with Crippen molar-refractivity contribution < 1.29 is 26.7 Å². The number of fused-ring (bicyclic) bond motifs is 1. The molecule has 174 valence electrons. The fraction of sp³-hybridized carbons (Fsp3) is 0.538. The minimum absolute atomic E-state index is 0.180. The van der Waals surface area contributed by atoms with E-state index in [9.17, 15) is 22.0 Å². The smallest absolute Gasteiger partial charge is 0.399 e. The highest BCUT2D eigenvalue weighted by Crippen LogP contribution is 2.48. The number of ether oxygens (including phenoxy) is 1. The lowest BCUT2D eigenvalue weighted by molar-refractivity contribution is -0.276. The van der Waals surface area contributed by atoms with Crippen molar-refractivity contribution in [2.24, 2.45) is 17.8 Å². The number of benzene rings is 2. The molecule has 4 atom stereocenters. The van der Waals surface area contributed by atoms with Crippen LogP contribution < -0.4 is 4.74 Å². The fourth-order valence-electron chi connectivity index (χ4n) is 5.85. The Labute approximate surface area is 186 Å². The SMILES string of the molecule is CCCC1CCC2CC(c3ccc(-c4cc(F)c(OC(F)(F)F)c(F)c4)cc3)CCC2C1. The topological polar surface area (TPSA) is 9.23 Å². The molecule has 2 fully saturated rings. The maximum Gasteiger partial charge on any atom is 0.573 e. The summed E-state index contributed by atoms with van der Waals surface area (Å²) in [6, 6.07) is 9.30. The number of alkyl halides is 3. The summed E-state index contributed by atoms with van der Waals surface area (Å²) < 4.78 is 68.6. The highest BCUT2D eigenvalue weighted by Gasteiger charge is 2.36. The first-order valence-corrected chi connectivity index (χ1v) is 11.6. The van der Waals surface area contributed by atoms with Crippen LogP contribution >= 0.6 is 0 Å². The maximum absolute atomic E-state index is 14.1. The van der Waals surface area contributed by atoms with Gasteiger partial charge in [-0.2, -0.15) is 0 Å². The fourth-order valence-corrected chi connectivity index (χ4v) is 5.85. The van der Waals surface area contributed by atoms with Crippen LogP contribution in [0.4, 0.5) is 22.0 Å². The Morgan fingerprint density at radius 1 is 0.844 bits per heavy atom. The highest BCUT2D eigenvalue weighted by atomic mass is 19.4. The molecule has 2 saturated carbocycles. The van der Waals surface area contributed by atoms with Gasteiger partial charge in [0, 0.05) is 0 Å². The van der Waals surface area contributed by atoms with Gasteiger partial charge in [-0.15, -0.1) is 13.2 Å². The zero-order valence-corrected chi connectivity index (χ0v) is 18.2. The second-order valence-electron chi connectivity index (χ2n) is 9.44. The molecule has 0 N–H and O–H groups in total. The summed E-state index contributed by atoms with van der Waals surface area (Å²) in [7, 11) is 0. The lowest BCUT2D eigenvalue weighted by Gasteiger charge is -2.42. The first-order chi connectivity index (χ1) is 15.2. The molecule has 0 aromatic heterocycles. The molecule has 4 unspecified atom stereocenters. The van der Waals surface area contributed by atoms with Crippen LogP contribution in [-0.4, -0.2) is 6.36 Å². The summed E-state index contributed by atoms with van der Waals surface area (Å²) in [4.78, 5) is 0. The summed E-state index contributed by atoms with van der Waals surface area (Å²) in [5, 5.41) is 0. The van der Waals surface area contributed by atoms with Crippen molar-refractivity contribution in [1.82, 2.24) is 0 Å². The van der Waals surface area contributed by atoms with E-state index in [1.54, 1.807) is 12.1 Å². The number of rotatable bonds is 5. The average Bonchev–Trinajstić information content (AvgIpc) is 2.75. The zero-order chi connectivity index (χ0) is 22.9. The van der Waals surface area contributed by atoms with Crippen LogP contribution in [0.3, 0.4) is 0 Å². The van der Waals surface area contributed by atoms with E-state index < -0.39 is 23.7 Å². The van der Waals surface area contributed by atoms with Gasteiger partial charge in [0.25, 0.3) is 0 Å². The molecule has 0 saturated heterocycles. The van der Waals surface area contributed by atoms with Crippen molar-refractivity contribution >= 4 is 0 Å². The summed E-state index contributed by atoms with van der Waals surface area (Å²) in [5.74, 6) is -1.17. The summed E-state index contributed by atoms with van der Waals surface area (Å²) in [6.45, 7) is 2.26. The third-order valence-electron chi connectivity index (χ3n) is 7.35. The maximum atomic E-state index is 14.1. The van der Waals surface area contributed by atoms with Gasteiger partial charge in [0.2, 0.25) is 5.75 Å². The third kappa shape index (κ3) is 5.26. The zero-order valence-electron chi connectivity index (χ0n) is 18.2. The molecular weight excluding hydrogens is 423 g/mol. The Hall–Kier alpha value is -2.11. The third-order valence-corrected chi connectivity index (χ3v) is 7.35. The average molecular weight is 453 g/mol. The number of halogens is 5. The molecule has 0 radical (unpaired) electrons. The van der Waals surface area contributed by atoms with Gasteiger partial charge in [0.15, 0.2) is 11.6 Å². The van der Waals surface area contributed by atoms with Crippen molar-refractivity contribution in [3.05, 3.63) is 53.6 Å². The molecule has 4 rings (SSSR count). The van der Waals surface area contributed by atoms with Gasteiger partial charge in [0.1, 0.15) is 0 Å². The van der Waals surface area contributed by atoms with Crippen LogP contribution in [0.15, 0.2) is 36.4 Å². The molecule has 2 aromatic rings. The molecule has 0 aliphatic heterocycles. The number of hydrogen-bond donors (Lipinski definition) is 0. The standard InChI is InChI=1S/C26H29F5O/c1-2-3-16-4-5-21-13-20(11-10-19(21)12-16)17-6-8-18(9-7-17)22-14-23(27)25(24(28)15-22)32-26(29,30)31/h6-9,14-16,19-21H,2-5,10-13H2,1H3. The molecule has 2 aliphatic rings. The van der Waals surface area contributed by atoms with E-state index in [1.807, 2.05) is 12.1 Å². The van der Waals surface area contributed by atoms with E-state index >= 15 is 0 Å². The molecule has 2 aromatic carbocycles. The molecule has 2 aliphatic carbocycles. The number of hydrogen-bond acceptors (Lipinski definition) is 1. The molecule has 0 amide bonds. The van der Waals surface area contributed by atoms with Crippen molar-refractivity contribution in [3.8, 4) is 16.9 Å². The largest absolute Gasteiger partial charge is 0.573 e. The first-order valence-electron chi connectivity index (χ1n) is 11.6. The van der Waals surface area contributed by atoms with Gasteiger partial charge >= 0.3 is 6.36 Å². The Morgan fingerprint density at radius 2 is 1.47 bits per heavy atom. The minimum Gasteiger partial charge on any atom is -0.399 e. The Morgan fingerprint density at radius 3 is 2.09 bits per heavy atom. The van der Waals surface area contributed by atoms with E-state index in [-0.39, 0.29) is 5.56 Å². The molecule has 1 nitrogen and oxygen atoms in total. The van der Waals surface area contributed by atoms with Crippen LogP contribution in [-0.2, 0) is 0 Å². The van der Waals surface area contributed by atoms with Gasteiger partial charge < -0.3 is 4.74 Å². The van der Waals surface area contributed by atoms with E-state index in [2.05, 4.69) is 11.7 Å². The van der Waals surface area contributed by atoms with Crippen LogP contribution in [0.5, 0.6) is 5.75 Å². The van der Waals surface area contributed by atoms with Gasteiger partial charge in [-0.3, -0.25) is 0 Å². The van der Waals surface area contributed by atoms with Gasteiger partial charge in [-0.25, -0.2) is 8.78 Å². The second kappa shape index (κ2) is 9.40. The normalized spacial score (nSPS) is 25.9. The van der Waals surface area contributed by atoms with Gasteiger partial charge in [-0.05, 0) is 84.6 Å². The molecule has 0 spiro atoms. The monoisotopic (exact) mass is 452 g/mol. The lowest BCUT2D eigenvalue weighted by Crippen LogP contribution is -2.30. The Bertz CT molecular complexity index is 898. The first kappa shape index (κ1) is 23.1. The Balaban J connectivity index is 1.44. The molecule has 0 bridgehead atoms. The van der Waals surface area contributed by atoms with Crippen molar-refractivity contribution in [3.63, 3.8) is 0 Å².